The first kappa shape index (κ1) is 21.6. The van der Waals surface area contributed by atoms with Crippen LogP contribution in [0.1, 0.15) is 42.8 Å². The van der Waals surface area contributed by atoms with Crippen LogP contribution in [0.5, 0.6) is 5.88 Å². The predicted molar refractivity (Wildman–Crippen MR) is 97.0 cm³/mol. The highest BCUT2D eigenvalue weighted by molar-refractivity contribution is 5.80. The number of hydrogen-bond acceptors (Lipinski definition) is 6. The van der Waals surface area contributed by atoms with Gasteiger partial charge in [-0.1, -0.05) is 6.92 Å². The van der Waals surface area contributed by atoms with Crippen LogP contribution in [0.25, 0.3) is 0 Å². The Morgan fingerprint density at radius 2 is 2.13 bits per heavy atom. The molecule has 1 aliphatic carbocycles. The summed E-state index contributed by atoms with van der Waals surface area (Å²) < 4.78 is 47.2. The third-order valence-electron chi connectivity index (χ3n) is 4.95. The van der Waals surface area contributed by atoms with Crippen LogP contribution in [0.2, 0.25) is 0 Å². The number of methoxy groups -OCH3 is 1. The van der Waals surface area contributed by atoms with Crippen LogP contribution < -0.4 is 10.1 Å². The highest BCUT2D eigenvalue weighted by atomic mass is 19.4. The lowest BCUT2D eigenvalue weighted by Crippen LogP contribution is -2.35. The SMILES string of the molecule is CC[C@H](C(=O)NCCn1cc([N+](=O)[O-])c(OC)n1)n1nc(C(F)(F)F)c2c1CCC2. The molecule has 0 fully saturated rings. The Labute approximate surface area is 169 Å². The van der Waals surface area contributed by atoms with Crippen LogP contribution in [0, 0.1) is 10.1 Å². The van der Waals surface area contributed by atoms with Gasteiger partial charge >= 0.3 is 17.7 Å². The standard InChI is InChI=1S/C17H21F3N6O4/c1-3-11(25-12-6-4-5-10(12)14(22-25)17(18,19)20)15(27)21-7-8-24-9-13(26(28)29)16(23-24)30-2/h9,11H,3-8H2,1-2H3,(H,21,27)/t11-/m1/s1. The van der Waals surface area contributed by atoms with Gasteiger partial charge in [0.05, 0.1) is 18.6 Å². The van der Waals surface area contributed by atoms with Crippen molar-refractivity contribution in [3.05, 3.63) is 33.3 Å². The fourth-order valence-electron chi connectivity index (χ4n) is 3.61. The van der Waals surface area contributed by atoms with E-state index in [2.05, 4.69) is 15.5 Å². The Bertz CT molecular complexity index is 952. The fourth-order valence-corrected chi connectivity index (χ4v) is 3.61. The number of hydrogen-bond donors (Lipinski definition) is 1. The molecule has 0 aliphatic heterocycles. The zero-order valence-electron chi connectivity index (χ0n) is 16.4. The molecule has 0 unspecified atom stereocenters. The molecule has 1 atom stereocenters. The molecule has 1 amide bonds. The van der Waals surface area contributed by atoms with Gasteiger partial charge in [0.15, 0.2) is 5.69 Å². The summed E-state index contributed by atoms with van der Waals surface area (Å²) in [5, 5.41) is 21.2. The van der Waals surface area contributed by atoms with E-state index in [1.165, 1.54) is 22.7 Å². The molecular formula is C17H21F3N6O4. The summed E-state index contributed by atoms with van der Waals surface area (Å²) >= 11 is 0. The summed E-state index contributed by atoms with van der Waals surface area (Å²) in [5.74, 6) is -0.624. The molecule has 2 heterocycles. The Balaban J connectivity index is 1.70. The maximum atomic E-state index is 13.3. The normalized spacial score (nSPS) is 14.4. The molecule has 10 nitrogen and oxygen atoms in total. The second kappa shape index (κ2) is 8.32. The monoisotopic (exact) mass is 430 g/mol. The number of carbonyl (C=O) groups is 1. The summed E-state index contributed by atoms with van der Waals surface area (Å²) in [6.45, 7) is 1.90. The van der Waals surface area contributed by atoms with Crippen LogP contribution >= 0.6 is 0 Å². The lowest BCUT2D eigenvalue weighted by Gasteiger charge is -2.18. The number of carbonyl (C=O) groups excluding carboxylic acids is 1. The van der Waals surface area contributed by atoms with Crippen LogP contribution in [-0.2, 0) is 30.4 Å². The van der Waals surface area contributed by atoms with Gasteiger partial charge in [-0.15, -0.1) is 5.10 Å². The molecule has 2 aromatic heterocycles. The van der Waals surface area contributed by atoms with Crippen LogP contribution in [0.4, 0.5) is 18.9 Å². The largest absolute Gasteiger partial charge is 0.475 e. The van der Waals surface area contributed by atoms with Crippen LogP contribution in [0.15, 0.2) is 6.20 Å². The third kappa shape index (κ3) is 4.09. The minimum Gasteiger partial charge on any atom is -0.475 e. The summed E-state index contributed by atoms with van der Waals surface area (Å²) in [7, 11) is 1.25. The third-order valence-corrected chi connectivity index (χ3v) is 4.95. The topological polar surface area (TPSA) is 117 Å². The van der Waals surface area contributed by atoms with E-state index in [9.17, 15) is 28.1 Å². The number of aromatic nitrogens is 4. The summed E-state index contributed by atoms with van der Waals surface area (Å²) in [5.41, 5.74) is -0.597. The summed E-state index contributed by atoms with van der Waals surface area (Å²) in [4.78, 5) is 22.9. The fraction of sp³-hybridized carbons (Fsp3) is 0.588. The number of alkyl halides is 3. The van der Waals surface area contributed by atoms with Gasteiger partial charge in [0.2, 0.25) is 5.91 Å². The first-order valence-corrected chi connectivity index (χ1v) is 9.38. The quantitative estimate of drug-likeness (QED) is 0.507. The summed E-state index contributed by atoms with van der Waals surface area (Å²) in [6.07, 6.45) is -1.80. The molecule has 0 bridgehead atoms. The minimum atomic E-state index is -4.57. The van der Waals surface area contributed by atoms with Crippen molar-refractivity contribution in [3.63, 3.8) is 0 Å². The molecule has 30 heavy (non-hydrogen) atoms. The van der Waals surface area contributed by atoms with E-state index in [0.29, 0.717) is 25.0 Å². The molecule has 1 N–H and O–H groups in total. The van der Waals surface area contributed by atoms with Gasteiger partial charge in [0.25, 0.3) is 0 Å². The lowest BCUT2D eigenvalue weighted by molar-refractivity contribution is -0.385. The van der Waals surface area contributed by atoms with Crippen LogP contribution in [0.3, 0.4) is 0 Å². The van der Waals surface area contributed by atoms with Crippen molar-refractivity contribution in [3.8, 4) is 5.88 Å². The van der Waals surface area contributed by atoms with Crippen molar-refractivity contribution in [1.29, 1.82) is 0 Å². The van der Waals surface area contributed by atoms with E-state index in [1.54, 1.807) is 6.92 Å². The molecule has 0 aromatic carbocycles. The molecule has 0 saturated carbocycles. The molecule has 13 heteroatoms. The number of nitro groups is 1. The van der Waals surface area contributed by atoms with Gasteiger partial charge in [-0.2, -0.15) is 18.3 Å². The van der Waals surface area contributed by atoms with Gasteiger partial charge in [-0.3, -0.25) is 24.3 Å². The highest BCUT2D eigenvalue weighted by Crippen LogP contribution is 2.37. The maximum Gasteiger partial charge on any atom is 0.435 e. The first-order chi connectivity index (χ1) is 14.2. The van der Waals surface area contributed by atoms with Crippen LogP contribution in [-0.4, -0.2) is 44.0 Å². The zero-order valence-corrected chi connectivity index (χ0v) is 16.4. The second-order valence-electron chi connectivity index (χ2n) is 6.83. The minimum absolute atomic E-state index is 0.0763. The van der Waals surface area contributed by atoms with Gasteiger partial charge in [-0.25, -0.2) is 0 Å². The van der Waals surface area contributed by atoms with Crippen molar-refractivity contribution < 1.29 is 27.6 Å². The molecular weight excluding hydrogens is 409 g/mol. The van der Waals surface area contributed by atoms with Crippen molar-refractivity contribution in [1.82, 2.24) is 24.9 Å². The van der Waals surface area contributed by atoms with E-state index < -0.39 is 28.7 Å². The predicted octanol–water partition coefficient (Wildman–Crippen LogP) is 2.27. The number of ether oxygens (including phenoxy) is 1. The number of nitrogens with zero attached hydrogens (tertiary/aromatic N) is 5. The van der Waals surface area contributed by atoms with E-state index in [0.717, 1.165) is 0 Å². The molecule has 0 saturated heterocycles. The highest BCUT2D eigenvalue weighted by Gasteiger charge is 2.41. The second-order valence-corrected chi connectivity index (χ2v) is 6.83. The maximum absolute atomic E-state index is 13.3. The van der Waals surface area contributed by atoms with E-state index in [1.807, 2.05) is 0 Å². The molecule has 164 valence electrons. The van der Waals surface area contributed by atoms with Crippen molar-refractivity contribution in [2.75, 3.05) is 13.7 Å². The van der Waals surface area contributed by atoms with Gasteiger partial charge in [-0.05, 0) is 25.7 Å². The van der Waals surface area contributed by atoms with Gasteiger partial charge in [0, 0.05) is 17.8 Å². The lowest BCUT2D eigenvalue weighted by atomic mass is 10.1. The van der Waals surface area contributed by atoms with Crippen molar-refractivity contribution in [2.24, 2.45) is 0 Å². The Morgan fingerprint density at radius 3 is 2.70 bits per heavy atom. The van der Waals surface area contributed by atoms with Gasteiger partial charge in [0.1, 0.15) is 12.2 Å². The van der Waals surface area contributed by atoms with Gasteiger partial charge < -0.3 is 10.1 Å². The zero-order chi connectivity index (χ0) is 22.1. The molecule has 0 spiro atoms. The summed E-state index contributed by atoms with van der Waals surface area (Å²) in [6, 6.07) is -0.880. The Kier molecular flexibility index (Phi) is 5.99. The van der Waals surface area contributed by atoms with E-state index >= 15 is 0 Å². The molecule has 3 rings (SSSR count). The average Bonchev–Trinajstić information content (AvgIpc) is 3.37. The molecule has 0 radical (unpaired) electrons. The number of halogens is 3. The number of amides is 1. The molecule has 1 aliphatic rings. The first-order valence-electron chi connectivity index (χ1n) is 9.38. The average molecular weight is 430 g/mol. The Morgan fingerprint density at radius 1 is 1.40 bits per heavy atom. The number of nitrogens with one attached hydrogen (secondary N) is 1. The Hall–Kier alpha value is -3.12. The molecule has 2 aromatic rings. The van der Waals surface area contributed by atoms with Crippen molar-refractivity contribution in [2.45, 2.75) is 51.4 Å². The smallest absolute Gasteiger partial charge is 0.435 e. The number of fused-ring (bicyclic) bond motifs is 1. The van der Waals surface area contributed by atoms with E-state index in [4.69, 9.17) is 4.74 Å². The number of rotatable bonds is 8. The van der Waals surface area contributed by atoms with Crippen molar-refractivity contribution >= 4 is 11.6 Å². The van der Waals surface area contributed by atoms with E-state index in [-0.39, 0.29) is 36.6 Å².